The Balaban J connectivity index is 1.82. The highest BCUT2D eigenvalue weighted by Gasteiger charge is 2.09. The minimum atomic E-state index is 0.992. The molecule has 19 heavy (non-hydrogen) atoms. The zero-order valence-corrected chi connectivity index (χ0v) is 10.6. The number of hydrogen-bond acceptors (Lipinski definition) is 2. The first-order valence-electron chi connectivity index (χ1n) is 6.66. The second-order valence-electron chi connectivity index (χ2n) is 5.02. The Morgan fingerprint density at radius 2 is 2.00 bits per heavy atom. The van der Waals surface area contributed by atoms with Crippen molar-refractivity contribution < 1.29 is 0 Å². The van der Waals surface area contributed by atoms with Gasteiger partial charge < -0.3 is 9.72 Å². The van der Waals surface area contributed by atoms with Gasteiger partial charge in [-0.15, -0.1) is 0 Å². The summed E-state index contributed by atoms with van der Waals surface area (Å²) >= 11 is 0. The lowest BCUT2D eigenvalue weighted by Gasteiger charge is -2.18. The molecule has 0 saturated carbocycles. The molecule has 0 amide bonds. The number of fused-ring (bicyclic) bond motifs is 2. The number of nitrogens with one attached hydrogen (secondary N) is 1. The highest BCUT2D eigenvalue weighted by molar-refractivity contribution is 5.66. The van der Waals surface area contributed by atoms with Crippen LogP contribution in [0.3, 0.4) is 0 Å². The van der Waals surface area contributed by atoms with Crippen LogP contribution >= 0.6 is 0 Å². The zero-order valence-electron chi connectivity index (χ0n) is 10.6. The van der Waals surface area contributed by atoms with Gasteiger partial charge in [-0.1, -0.05) is 18.2 Å². The molecule has 0 fully saturated rings. The first-order valence-corrected chi connectivity index (χ1v) is 6.66. The van der Waals surface area contributed by atoms with Crippen LogP contribution in [-0.4, -0.2) is 15.9 Å². The monoisotopic (exact) mass is 249 g/mol. The van der Waals surface area contributed by atoms with Gasteiger partial charge in [-0.2, -0.15) is 0 Å². The Labute approximate surface area is 111 Å². The molecule has 3 nitrogen and oxygen atoms in total. The van der Waals surface area contributed by atoms with Crippen LogP contribution in [0, 0.1) is 0 Å². The van der Waals surface area contributed by atoms with Gasteiger partial charge in [0.2, 0.25) is 0 Å². The van der Waals surface area contributed by atoms with Crippen molar-refractivity contribution in [3.05, 3.63) is 60.0 Å². The van der Waals surface area contributed by atoms with Crippen molar-refractivity contribution in [1.82, 2.24) is 14.7 Å². The Hall–Kier alpha value is -2.13. The highest BCUT2D eigenvalue weighted by Crippen LogP contribution is 2.24. The summed E-state index contributed by atoms with van der Waals surface area (Å²) in [6.07, 6.45) is 7.08. The van der Waals surface area contributed by atoms with Crippen LogP contribution in [0.2, 0.25) is 0 Å². The fourth-order valence-corrected chi connectivity index (χ4v) is 2.75. The van der Waals surface area contributed by atoms with Crippen LogP contribution in [0.15, 0.2) is 48.9 Å². The third-order valence-electron chi connectivity index (χ3n) is 3.81. The van der Waals surface area contributed by atoms with Crippen LogP contribution in [0.25, 0.3) is 16.8 Å². The van der Waals surface area contributed by atoms with E-state index in [4.69, 9.17) is 0 Å². The molecule has 0 radical (unpaired) electrons. The summed E-state index contributed by atoms with van der Waals surface area (Å²) in [7, 11) is 0. The molecule has 2 aromatic heterocycles. The topological polar surface area (TPSA) is 29.3 Å². The summed E-state index contributed by atoms with van der Waals surface area (Å²) in [5.74, 6) is 0. The van der Waals surface area contributed by atoms with Gasteiger partial charge in [0, 0.05) is 25.1 Å². The van der Waals surface area contributed by atoms with Crippen LogP contribution in [0.1, 0.15) is 11.1 Å². The molecule has 3 aromatic rings. The van der Waals surface area contributed by atoms with E-state index in [0.29, 0.717) is 0 Å². The van der Waals surface area contributed by atoms with E-state index in [2.05, 4.69) is 51.2 Å². The summed E-state index contributed by atoms with van der Waals surface area (Å²) in [4.78, 5) is 4.28. The molecule has 1 aliphatic rings. The van der Waals surface area contributed by atoms with Gasteiger partial charge in [0.05, 0.1) is 0 Å². The van der Waals surface area contributed by atoms with Gasteiger partial charge in [-0.3, -0.25) is 0 Å². The van der Waals surface area contributed by atoms with Gasteiger partial charge in [0.25, 0.3) is 0 Å². The van der Waals surface area contributed by atoms with Crippen LogP contribution < -0.4 is 5.32 Å². The van der Waals surface area contributed by atoms with E-state index in [1.807, 2.05) is 12.4 Å². The molecule has 0 atom stereocenters. The number of imidazole rings is 1. The van der Waals surface area contributed by atoms with Gasteiger partial charge in [-0.05, 0) is 47.4 Å². The number of hydrogen-bond donors (Lipinski definition) is 1. The third-order valence-corrected chi connectivity index (χ3v) is 3.81. The molecule has 0 saturated heterocycles. The molecule has 0 unspecified atom stereocenters. The van der Waals surface area contributed by atoms with E-state index in [9.17, 15) is 0 Å². The average Bonchev–Trinajstić information content (AvgIpc) is 2.94. The minimum absolute atomic E-state index is 0.992. The van der Waals surface area contributed by atoms with E-state index >= 15 is 0 Å². The summed E-state index contributed by atoms with van der Waals surface area (Å²) in [5, 5.41) is 3.41. The smallest absolute Gasteiger partial charge is 0.136 e. The normalized spacial score (nSPS) is 14.5. The molecule has 1 aliphatic heterocycles. The largest absolute Gasteiger partial charge is 0.312 e. The van der Waals surface area contributed by atoms with Gasteiger partial charge in [0.15, 0.2) is 0 Å². The predicted octanol–water partition coefficient (Wildman–Crippen LogP) is 2.65. The molecule has 0 aliphatic carbocycles. The maximum absolute atomic E-state index is 4.28. The first-order chi connectivity index (χ1) is 9.40. The van der Waals surface area contributed by atoms with E-state index in [1.54, 1.807) is 0 Å². The third kappa shape index (κ3) is 1.83. The fourth-order valence-electron chi connectivity index (χ4n) is 2.75. The van der Waals surface area contributed by atoms with E-state index in [-0.39, 0.29) is 0 Å². The van der Waals surface area contributed by atoms with Crippen molar-refractivity contribution in [2.24, 2.45) is 0 Å². The van der Waals surface area contributed by atoms with Crippen molar-refractivity contribution in [3.8, 4) is 11.1 Å². The lowest BCUT2D eigenvalue weighted by molar-refractivity contribution is 0.644. The Bertz CT molecular complexity index is 743. The summed E-state index contributed by atoms with van der Waals surface area (Å²) < 4.78 is 2.07. The quantitative estimate of drug-likeness (QED) is 0.718. The van der Waals surface area contributed by atoms with Crippen LogP contribution in [-0.2, 0) is 13.0 Å². The van der Waals surface area contributed by atoms with Crippen molar-refractivity contribution in [2.75, 3.05) is 6.54 Å². The molecule has 3 heterocycles. The van der Waals surface area contributed by atoms with Gasteiger partial charge >= 0.3 is 0 Å². The molecule has 1 N–H and O–H groups in total. The summed E-state index contributed by atoms with van der Waals surface area (Å²) in [6.45, 7) is 2.08. The number of rotatable bonds is 1. The number of pyridine rings is 1. The van der Waals surface area contributed by atoms with E-state index in [1.165, 1.54) is 22.3 Å². The molecular weight excluding hydrogens is 234 g/mol. The maximum Gasteiger partial charge on any atom is 0.136 e. The van der Waals surface area contributed by atoms with Crippen molar-refractivity contribution in [1.29, 1.82) is 0 Å². The molecule has 0 spiro atoms. The van der Waals surface area contributed by atoms with Gasteiger partial charge in [0.1, 0.15) is 5.65 Å². The maximum atomic E-state index is 4.28. The molecule has 94 valence electrons. The lowest BCUT2D eigenvalue weighted by Crippen LogP contribution is -2.23. The lowest BCUT2D eigenvalue weighted by atomic mass is 9.96. The highest BCUT2D eigenvalue weighted by atomic mass is 15.0. The number of benzene rings is 1. The second-order valence-corrected chi connectivity index (χ2v) is 5.02. The van der Waals surface area contributed by atoms with Crippen LogP contribution in [0.4, 0.5) is 0 Å². The molecule has 1 aromatic carbocycles. The Morgan fingerprint density at radius 3 is 3.00 bits per heavy atom. The molecular formula is C16H15N3. The Kier molecular flexibility index (Phi) is 2.38. The number of nitrogens with zero attached hydrogens (tertiary/aromatic N) is 2. The zero-order chi connectivity index (χ0) is 12.7. The van der Waals surface area contributed by atoms with Crippen molar-refractivity contribution in [2.45, 2.75) is 13.0 Å². The average molecular weight is 249 g/mol. The Morgan fingerprint density at radius 1 is 1.05 bits per heavy atom. The summed E-state index contributed by atoms with van der Waals surface area (Å²) in [6, 6.07) is 11.0. The fraction of sp³-hybridized carbons (Fsp3) is 0.188. The van der Waals surface area contributed by atoms with Crippen molar-refractivity contribution >= 4 is 5.65 Å². The predicted molar refractivity (Wildman–Crippen MR) is 76.0 cm³/mol. The van der Waals surface area contributed by atoms with Gasteiger partial charge in [-0.25, -0.2) is 4.98 Å². The second kappa shape index (κ2) is 4.21. The molecule has 3 heteroatoms. The standard InChI is InChI=1S/C16H15N3/c1-2-14-10-17-6-5-13(14)9-12(1)15-3-4-16-18-7-8-19(16)11-15/h1-4,7-9,11,17H,5-6,10H2. The van der Waals surface area contributed by atoms with E-state index in [0.717, 1.165) is 25.2 Å². The van der Waals surface area contributed by atoms with Crippen LogP contribution in [0.5, 0.6) is 0 Å². The number of aromatic nitrogens is 2. The van der Waals surface area contributed by atoms with E-state index < -0.39 is 0 Å². The molecule has 0 bridgehead atoms. The summed E-state index contributed by atoms with van der Waals surface area (Å²) in [5.41, 5.74) is 6.43. The minimum Gasteiger partial charge on any atom is -0.312 e. The first kappa shape index (κ1) is 10.8. The molecule has 4 rings (SSSR count). The van der Waals surface area contributed by atoms with Crippen molar-refractivity contribution in [3.63, 3.8) is 0 Å². The SMILES string of the molecule is c1cn2cc(-c3ccc4c(c3)CCNC4)ccc2n1.